The largest absolute Gasteiger partial charge is 0.303 e. The number of piperidine rings is 1. The fraction of sp³-hybridized carbons (Fsp3) is 0.750. The molecule has 112 valence electrons. The van der Waals surface area contributed by atoms with E-state index in [0.29, 0.717) is 5.92 Å². The molecule has 2 rings (SSSR count). The molecule has 1 aromatic heterocycles. The highest BCUT2D eigenvalue weighted by molar-refractivity contribution is 5.12. The van der Waals surface area contributed by atoms with Gasteiger partial charge >= 0.3 is 0 Å². The summed E-state index contributed by atoms with van der Waals surface area (Å²) in [5.74, 6) is 1.35. The molecule has 4 nitrogen and oxygen atoms in total. The molecule has 1 saturated heterocycles. The summed E-state index contributed by atoms with van der Waals surface area (Å²) in [6, 6.07) is 0. The van der Waals surface area contributed by atoms with Crippen molar-refractivity contribution in [3.05, 3.63) is 27.9 Å². The molecule has 0 amide bonds. The van der Waals surface area contributed by atoms with Crippen molar-refractivity contribution < 1.29 is 0 Å². The van der Waals surface area contributed by atoms with E-state index in [0.717, 1.165) is 36.8 Å². The molecule has 0 spiro atoms. The van der Waals surface area contributed by atoms with Gasteiger partial charge in [-0.05, 0) is 51.6 Å². The minimum atomic E-state index is 0.127. The van der Waals surface area contributed by atoms with E-state index in [1.807, 2.05) is 13.8 Å². The molecular weight excluding hydrogens is 250 g/mol. The third kappa shape index (κ3) is 3.69. The average Bonchev–Trinajstić information content (AvgIpc) is 2.41. The van der Waals surface area contributed by atoms with E-state index in [4.69, 9.17) is 0 Å². The van der Waals surface area contributed by atoms with Gasteiger partial charge < -0.3 is 4.90 Å². The molecule has 0 unspecified atom stereocenters. The van der Waals surface area contributed by atoms with Crippen LogP contribution in [0.25, 0.3) is 0 Å². The number of aryl methyl sites for hydroxylation is 1. The smallest absolute Gasteiger partial charge is 0.256 e. The van der Waals surface area contributed by atoms with Crippen LogP contribution in [0.4, 0.5) is 0 Å². The molecular formula is C16H27N3O. The summed E-state index contributed by atoms with van der Waals surface area (Å²) < 4.78 is 1.80. The van der Waals surface area contributed by atoms with Crippen molar-refractivity contribution in [3.8, 4) is 0 Å². The first-order valence-electron chi connectivity index (χ1n) is 7.72. The van der Waals surface area contributed by atoms with Gasteiger partial charge in [0.1, 0.15) is 0 Å². The Bertz CT molecular complexity index is 499. The Morgan fingerprint density at radius 2 is 1.95 bits per heavy atom. The minimum absolute atomic E-state index is 0.127. The zero-order valence-electron chi connectivity index (χ0n) is 13.2. The monoisotopic (exact) mass is 277 g/mol. The van der Waals surface area contributed by atoms with Gasteiger partial charge in [-0.1, -0.05) is 13.8 Å². The molecule has 1 aliphatic rings. The first-order chi connectivity index (χ1) is 9.47. The highest BCUT2D eigenvalue weighted by Gasteiger charge is 2.20. The number of rotatable bonds is 4. The Hall–Kier alpha value is -1.16. The third-order valence-corrected chi connectivity index (χ3v) is 4.30. The van der Waals surface area contributed by atoms with Gasteiger partial charge in [0.15, 0.2) is 0 Å². The van der Waals surface area contributed by atoms with Crippen molar-refractivity contribution >= 4 is 0 Å². The topological polar surface area (TPSA) is 38.1 Å². The van der Waals surface area contributed by atoms with Crippen molar-refractivity contribution in [1.82, 2.24) is 14.5 Å². The van der Waals surface area contributed by atoms with Gasteiger partial charge in [0, 0.05) is 24.3 Å². The molecule has 1 fully saturated rings. The van der Waals surface area contributed by atoms with Gasteiger partial charge in [-0.15, -0.1) is 0 Å². The first kappa shape index (κ1) is 15.2. The lowest BCUT2D eigenvalue weighted by molar-refractivity contribution is 0.158. The molecule has 1 aliphatic heterocycles. The molecule has 0 aliphatic carbocycles. The van der Waals surface area contributed by atoms with E-state index < -0.39 is 0 Å². The average molecular weight is 277 g/mol. The first-order valence-corrected chi connectivity index (χ1v) is 7.72. The highest BCUT2D eigenvalue weighted by atomic mass is 16.1. The number of hydrogen-bond acceptors (Lipinski definition) is 3. The van der Waals surface area contributed by atoms with Crippen molar-refractivity contribution in [3.63, 3.8) is 0 Å². The molecule has 0 saturated carbocycles. The van der Waals surface area contributed by atoms with Crippen LogP contribution in [0.2, 0.25) is 0 Å². The molecule has 1 aromatic rings. The molecule has 0 bridgehead atoms. The maximum absolute atomic E-state index is 12.2. The summed E-state index contributed by atoms with van der Waals surface area (Å²) in [7, 11) is 0. The number of aromatic nitrogens is 2. The van der Waals surface area contributed by atoms with Crippen LogP contribution in [-0.4, -0.2) is 34.1 Å². The normalized spacial score (nSPS) is 17.9. The van der Waals surface area contributed by atoms with E-state index in [1.165, 1.54) is 19.4 Å². The van der Waals surface area contributed by atoms with Gasteiger partial charge in [0.2, 0.25) is 0 Å². The molecule has 2 heterocycles. The maximum Gasteiger partial charge on any atom is 0.256 e. The quantitative estimate of drug-likeness (QED) is 0.847. The fourth-order valence-electron chi connectivity index (χ4n) is 2.95. The van der Waals surface area contributed by atoms with Crippen LogP contribution >= 0.6 is 0 Å². The molecule has 0 N–H and O–H groups in total. The standard InChI is InChI=1S/C16H27N3O/c1-12(2)9-18-7-5-15(6-8-18)10-19-11-17-14(4)13(3)16(19)20/h11-12,15H,5-10H2,1-4H3. The van der Waals surface area contributed by atoms with Crippen LogP contribution in [0.5, 0.6) is 0 Å². The number of likely N-dealkylation sites (tertiary alicyclic amines) is 1. The second-order valence-electron chi connectivity index (χ2n) is 6.55. The Balaban J connectivity index is 1.93. The van der Waals surface area contributed by atoms with Crippen molar-refractivity contribution in [2.45, 2.75) is 47.1 Å². The molecule has 20 heavy (non-hydrogen) atoms. The van der Waals surface area contributed by atoms with Crippen molar-refractivity contribution in [2.75, 3.05) is 19.6 Å². The Kier molecular flexibility index (Phi) is 4.97. The number of nitrogens with zero attached hydrogens (tertiary/aromatic N) is 3. The van der Waals surface area contributed by atoms with Gasteiger partial charge in [-0.3, -0.25) is 9.36 Å². The van der Waals surface area contributed by atoms with Gasteiger partial charge in [0.05, 0.1) is 6.33 Å². The van der Waals surface area contributed by atoms with Crippen LogP contribution in [0.3, 0.4) is 0 Å². The summed E-state index contributed by atoms with van der Waals surface area (Å²) in [5.41, 5.74) is 1.75. The second kappa shape index (κ2) is 6.53. The van der Waals surface area contributed by atoms with Gasteiger partial charge in [-0.25, -0.2) is 4.98 Å². The Morgan fingerprint density at radius 1 is 1.30 bits per heavy atom. The summed E-state index contributed by atoms with van der Waals surface area (Å²) in [6.45, 7) is 12.6. The van der Waals surface area contributed by atoms with E-state index in [2.05, 4.69) is 23.7 Å². The Labute approximate surface area is 121 Å². The zero-order chi connectivity index (χ0) is 14.7. The van der Waals surface area contributed by atoms with E-state index >= 15 is 0 Å². The molecule has 4 heteroatoms. The van der Waals surface area contributed by atoms with Crippen molar-refractivity contribution in [1.29, 1.82) is 0 Å². The van der Waals surface area contributed by atoms with E-state index in [-0.39, 0.29) is 5.56 Å². The maximum atomic E-state index is 12.2. The fourth-order valence-corrected chi connectivity index (χ4v) is 2.95. The zero-order valence-corrected chi connectivity index (χ0v) is 13.2. The van der Waals surface area contributed by atoms with Gasteiger partial charge in [-0.2, -0.15) is 0 Å². The van der Waals surface area contributed by atoms with E-state index in [9.17, 15) is 4.79 Å². The SMILES string of the molecule is Cc1ncn(CC2CCN(CC(C)C)CC2)c(=O)c1C. The molecule has 0 atom stereocenters. The minimum Gasteiger partial charge on any atom is -0.303 e. The lowest BCUT2D eigenvalue weighted by Gasteiger charge is -2.33. The van der Waals surface area contributed by atoms with E-state index in [1.54, 1.807) is 10.9 Å². The second-order valence-corrected chi connectivity index (χ2v) is 6.55. The lowest BCUT2D eigenvalue weighted by Crippen LogP contribution is -2.38. The summed E-state index contributed by atoms with van der Waals surface area (Å²) in [6.07, 6.45) is 4.09. The van der Waals surface area contributed by atoms with Gasteiger partial charge in [0.25, 0.3) is 5.56 Å². The lowest BCUT2D eigenvalue weighted by atomic mass is 9.96. The van der Waals surface area contributed by atoms with Crippen LogP contribution in [0, 0.1) is 25.7 Å². The van der Waals surface area contributed by atoms with Crippen LogP contribution in [0.1, 0.15) is 37.9 Å². The summed E-state index contributed by atoms with van der Waals surface area (Å²) in [4.78, 5) is 19.0. The third-order valence-electron chi connectivity index (χ3n) is 4.30. The number of hydrogen-bond donors (Lipinski definition) is 0. The predicted molar refractivity (Wildman–Crippen MR) is 82.0 cm³/mol. The summed E-state index contributed by atoms with van der Waals surface area (Å²) >= 11 is 0. The van der Waals surface area contributed by atoms with Crippen molar-refractivity contribution in [2.24, 2.45) is 11.8 Å². The van der Waals surface area contributed by atoms with Crippen LogP contribution in [-0.2, 0) is 6.54 Å². The molecule has 0 aromatic carbocycles. The van der Waals surface area contributed by atoms with Crippen LogP contribution in [0.15, 0.2) is 11.1 Å². The predicted octanol–water partition coefficient (Wildman–Crippen LogP) is 2.23. The highest BCUT2D eigenvalue weighted by Crippen LogP contribution is 2.19. The van der Waals surface area contributed by atoms with Crippen LogP contribution < -0.4 is 5.56 Å². The molecule has 0 radical (unpaired) electrons. The summed E-state index contributed by atoms with van der Waals surface area (Å²) in [5, 5.41) is 0. The Morgan fingerprint density at radius 3 is 2.55 bits per heavy atom.